The molecule has 3 fully saturated rings. The quantitative estimate of drug-likeness (QED) is 0.926. The highest BCUT2D eigenvalue weighted by atomic mass is 16.5. The monoisotopic (exact) mass is 328 g/mol. The minimum Gasteiger partial charge on any atom is -0.490 e. The molecule has 4 nitrogen and oxygen atoms in total. The first-order chi connectivity index (χ1) is 11.7. The molecule has 1 aliphatic carbocycles. The van der Waals surface area contributed by atoms with Gasteiger partial charge in [0.1, 0.15) is 5.75 Å². The number of nitrogens with one attached hydrogen (secondary N) is 1. The topological polar surface area (TPSA) is 41.6 Å². The number of hydrogen-bond acceptors (Lipinski definition) is 3. The SMILES string of the molecule is O=C(c1cccc(OC2CCCC2)c1)N1CCC2(CCNC2)CC1. The average molecular weight is 328 g/mol. The van der Waals surface area contributed by atoms with Crippen LogP contribution in [0.25, 0.3) is 0 Å². The van der Waals surface area contributed by atoms with Crippen LogP contribution in [0.2, 0.25) is 0 Å². The van der Waals surface area contributed by atoms with Crippen molar-refractivity contribution in [1.82, 2.24) is 10.2 Å². The number of ether oxygens (including phenoxy) is 1. The third-order valence-corrected chi connectivity index (χ3v) is 6.13. The third-order valence-electron chi connectivity index (χ3n) is 6.13. The van der Waals surface area contributed by atoms with E-state index in [0.717, 1.165) is 63.2 Å². The van der Waals surface area contributed by atoms with Crippen molar-refractivity contribution >= 4 is 5.91 Å². The Hall–Kier alpha value is -1.55. The number of hydrogen-bond donors (Lipinski definition) is 1. The van der Waals surface area contributed by atoms with Gasteiger partial charge in [0.2, 0.25) is 0 Å². The summed E-state index contributed by atoms with van der Waals surface area (Å²) in [6.45, 7) is 4.02. The fraction of sp³-hybridized carbons (Fsp3) is 0.650. The van der Waals surface area contributed by atoms with E-state index < -0.39 is 0 Å². The summed E-state index contributed by atoms with van der Waals surface area (Å²) in [6, 6.07) is 7.78. The van der Waals surface area contributed by atoms with Gasteiger partial charge >= 0.3 is 0 Å². The summed E-state index contributed by atoms with van der Waals surface area (Å²) >= 11 is 0. The van der Waals surface area contributed by atoms with Gasteiger partial charge in [-0.15, -0.1) is 0 Å². The average Bonchev–Trinajstić information content (AvgIpc) is 3.28. The lowest BCUT2D eigenvalue weighted by molar-refractivity contribution is 0.0607. The van der Waals surface area contributed by atoms with Crippen LogP contribution in [0, 0.1) is 5.41 Å². The second-order valence-electron chi connectivity index (χ2n) is 7.77. The lowest BCUT2D eigenvalue weighted by Crippen LogP contribution is -2.44. The van der Waals surface area contributed by atoms with Gasteiger partial charge in [-0.05, 0) is 75.1 Å². The van der Waals surface area contributed by atoms with Gasteiger partial charge in [-0.25, -0.2) is 0 Å². The zero-order chi connectivity index (χ0) is 16.4. The van der Waals surface area contributed by atoms with Crippen LogP contribution in [0.3, 0.4) is 0 Å². The number of carbonyl (C=O) groups is 1. The van der Waals surface area contributed by atoms with Crippen molar-refractivity contribution in [2.45, 2.75) is 51.0 Å². The molecule has 1 amide bonds. The smallest absolute Gasteiger partial charge is 0.253 e. The minimum absolute atomic E-state index is 0.160. The molecular formula is C20H28N2O2. The van der Waals surface area contributed by atoms with E-state index >= 15 is 0 Å². The summed E-state index contributed by atoms with van der Waals surface area (Å²) in [5.74, 6) is 1.01. The molecule has 4 heteroatoms. The Morgan fingerprint density at radius 1 is 1.17 bits per heavy atom. The van der Waals surface area contributed by atoms with E-state index in [4.69, 9.17) is 4.74 Å². The van der Waals surface area contributed by atoms with Gasteiger partial charge in [-0.3, -0.25) is 4.79 Å². The summed E-state index contributed by atoms with van der Waals surface area (Å²) in [6.07, 6.45) is 8.65. The van der Waals surface area contributed by atoms with Crippen molar-refractivity contribution in [3.05, 3.63) is 29.8 Å². The van der Waals surface area contributed by atoms with Crippen molar-refractivity contribution < 1.29 is 9.53 Å². The van der Waals surface area contributed by atoms with Crippen LogP contribution in [0.4, 0.5) is 0 Å². The number of rotatable bonds is 3. The Morgan fingerprint density at radius 2 is 1.96 bits per heavy atom. The molecule has 3 aliphatic rings. The summed E-state index contributed by atoms with van der Waals surface area (Å²) in [4.78, 5) is 14.9. The van der Waals surface area contributed by atoms with Gasteiger partial charge in [0.15, 0.2) is 0 Å². The Morgan fingerprint density at radius 3 is 2.67 bits per heavy atom. The largest absolute Gasteiger partial charge is 0.490 e. The standard InChI is InChI=1S/C20H28N2O2/c23-19(22-12-9-20(10-13-22)8-11-21-15-20)16-4-3-7-18(14-16)24-17-5-1-2-6-17/h3-4,7,14,17,21H,1-2,5-6,8-13,15H2. The summed E-state index contributed by atoms with van der Waals surface area (Å²) in [5.41, 5.74) is 1.22. The van der Waals surface area contributed by atoms with Crippen LogP contribution < -0.4 is 10.1 Å². The van der Waals surface area contributed by atoms with E-state index in [0.29, 0.717) is 11.5 Å². The molecule has 1 spiro atoms. The molecule has 0 radical (unpaired) electrons. The number of benzene rings is 1. The molecule has 1 aromatic carbocycles. The van der Waals surface area contributed by atoms with Gasteiger partial charge in [0.25, 0.3) is 5.91 Å². The maximum absolute atomic E-state index is 12.8. The molecule has 24 heavy (non-hydrogen) atoms. The van der Waals surface area contributed by atoms with Crippen LogP contribution in [0.1, 0.15) is 55.3 Å². The van der Waals surface area contributed by atoms with Gasteiger partial charge in [0, 0.05) is 25.2 Å². The first-order valence-corrected chi connectivity index (χ1v) is 9.51. The normalized spacial score (nSPS) is 23.8. The van der Waals surface area contributed by atoms with Crippen molar-refractivity contribution in [3.63, 3.8) is 0 Å². The van der Waals surface area contributed by atoms with Crippen LogP contribution in [0.15, 0.2) is 24.3 Å². The fourth-order valence-electron chi connectivity index (χ4n) is 4.49. The maximum atomic E-state index is 12.8. The first-order valence-electron chi connectivity index (χ1n) is 9.51. The van der Waals surface area contributed by atoms with E-state index in [9.17, 15) is 4.79 Å². The molecule has 2 aliphatic heterocycles. The lowest BCUT2D eigenvalue weighted by Gasteiger charge is -2.39. The highest BCUT2D eigenvalue weighted by Gasteiger charge is 2.38. The summed E-state index contributed by atoms with van der Waals surface area (Å²) < 4.78 is 6.05. The highest BCUT2D eigenvalue weighted by Crippen LogP contribution is 2.37. The molecule has 1 saturated carbocycles. The Bertz CT molecular complexity index is 579. The van der Waals surface area contributed by atoms with Gasteiger partial charge in [-0.2, -0.15) is 0 Å². The second-order valence-corrected chi connectivity index (χ2v) is 7.77. The first kappa shape index (κ1) is 15.9. The van der Waals surface area contributed by atoms with Crippen LogP contribution in [-0.2, 0) is 0 Å². The molecule has 130 valence electrons. The van der Waals surface area contributed by atoms with Crippen LogP contribution in [0.5, 0.6) is 5.75 Å². The highest BCUT2D eigenvalue weighted by molar-refractivity contribution is 5.94. The van der Waals surface area contributed by atoms with E-state index in [1.54, 1.807) is 0 Å². The number of amides is 1. The van der Waals surface area contributed by atoms with Crippen molar-refractivity contribution in [3.8, 4) is 5.75 Å². The lowest BCUT2D eigenvalue weighted by atomic mass is 9.78. The van der Waals surface area contributed by atoms with Crippen molar-refractivity contribution in [2.75, 3.05) is 26.2 Å². The molecular weight excluding hydrogens is 300 g/mol. The second kappa shape index (κ2) is 6.75. The number of nitrogens with zero attached hydrogens (tertiary/aromatic N) is 1. The van der Waals surface area contributed by atoms with Crippen LogP contribution in [-0.4, -0.2) is 43.1 Å². The molecule has 4 rings (SSSR count). The van der Waals surface area contributed by atoms with Gasteiger partial charge in [-0.1, -0.05) is 6.07 Å². The molecule has 2 saturated heterocycles. The van der Waals surface area contributed by atoms with Gasteiger partial charge in [0.05, 0.1) is 6.10 Å². The third kappa shape index (κ3) is 3.30. The molecule has 1 N–H and O–H groups in total. The van der Waals surface area contributed by atoms with E-state index in [2.05, 4.69) is 5.32 Å². The number of carbonyl (C=O) groups excluding carboxylic acids is 1. The predicted molar refractivity (Wildman–Crippen MR) is 94.4 cm³/mol. The predicted octanol–water partition coefficient (Wildman–Crippen LogP) is 3.22. The molecule has 2 heterocycles. The van der Waals surface area contributed by atoms with Crippen molar-refractivity contribution in [1.29, 1.82) is 0 Å². The van der Waals surface area contributed by atoms with E-state index in [-0.39, 0.29) is 5.91 Å². The number of piperidine rings is 1. The Labute approximate surface area is 144 Å². The molecule has 0 atom stereocenters. The molecule has 0 bridgehead atoms. The summed E-state index contributed by atoms with van der Waals surface area (Å²) in [7, 11) is 0. The fourth-order valence-corrected chi connectivity index (χ4v) is 4.49. The zero-order valence-corrected chi connectivity index (χ0v) is 14.4. The van der Waals surface area contributed by atoms with Crippen LogP contribution >= 0.6 is 0 Å². The molecule has 0 aromatic heterocycles. The van der Waals surface area contributed by atoms with Gasteiger partial charge < -0.3 is 15.0 Å². The number of likely N-dealkylation sites (tertiary alicyclic amines) is 1. The van der Waals surface area contributed by atoms with E-state index in [1.807, 2.05) is 29.2 Å². The zero-order valence-electron chi connectivity index (χ0n) is 14.4. The summed E-state index contributed by atoms with van der Waals surface area (Å²) in [5, 5.41) is 3.48. The Kier molecular flexibility index (Phi) is 4.49. The molecule has 1 aromatic rings. The Balaban J connectivity index is 1.39. The molecule has 0 unspecified atom stereocenters. The minimum atomic E-state index is 0.160. The van der Waals surface area contributed by atoms with Crippen molar-refractivity contribution in [2.24, 2.45) is 5.41 Å². The maximum Gasteiger partial charge on any atom is 0.253 e. The van der Waals surface area contributed by atoms with E-state index in [1.165, 1.54) is 19.3 Å².